The van der Waals surface area contributed by atoms with E-state index in [4.69, 9.17) is 4.74 Å². The van der Waals surface area contributed by atoms with Crippen molar-refractivity contribution < 1.29 is 4.74 Å². The van der Waals surface area contributed by atoms with Crippen molar-refractivity contribution in [2.45, 2.75) is 52.2 Å². The maximum Gasteiger partial charge on any atom is 0.191 e. The summed E-state index contributed by atoms with van der Waals surface area (Å²) >= 11 is 0. The maximum atomic E-state index is 5.42. The standard InChI is InChI=1S/C16H36N4O/c1-9-13(10-2)14(20(6)7)11-18-15(17-5)19-12-16(3,4)21-8/h13-14H,9-12H2,1-8H3,(H2,17,18,19). The van der Waals surface area contributed by atoms with Crippen LogP contribution in [-0.4, -0.2) is 63.8 Å². The van der Waals surface area contributed by atoms with Gasteiger partial charge in [0.05, 0.1) is 5.60 Å². The molecule has 2 N–H and O–H groups in total. The molecule has 0 aliphatic heterocycles. The fourth-order valence-electron chi connectivity index (χ4n) is 2.39. The highest BCUT2D eigenvalue weighted by molar-refractivity contribution is 5.79. The van der Waals surface area contributed by atoms with Crippen LogP contribution in [0.25, 0.3) is 0 Å². The van der Waals surface area contributed by atoms with E-state index in [1.165, 1.54) is 12.8 Å². The Kier molecular flexibility index (Phi) is 9.62. The van der Waals surface area contributed by atoms with Crippen LogP contribution in [0.4, 0.5) is 0 Å². The zero-order chi connectivity index (χ0) is 16.5. The normalized spacial score (nSPS) is 14.7. The van der Waals surface area contributed by atoms with Crippen LogP contribution in [0.3, 0.4) is 0 Å². The van der Waals surface area contributed by atoms with Crippen LogP contribution in [0.15, 0.2) is 4.99 Å². The lowest BCUT2D eigenvalue weighted by Gasteiger charge is -2.32. The Morgan fingerprint density at radius 2 is 1.76 bits per heavy atom. The van der Waals surface area contributed by atoms with E-state index in [9.17, 15) is 0 Å². The summed E-state index contributed by atoms with van der Waals surface area (Å²) in [6.07, 6.45) is 2.40. The molecule has 21 heavy (non-hydrogen) atoms. The average molecular weight is 300 g/mol. The molecule has 0 spiro atoms. The predicted octanol–water partition coefficient (Wildman–Crippen LogP) is 1.94. The summed E-state index contributed by atoms with van der Waals surface area (Å²) in [7, 11) is 7.83. The molecular weight excluding hydrogens is 264 g/mol. The highest BCUT2D eigenvalue weighted by Gasteiger charge is 2.21. The van der Waals surface area contributed by atoms with Crippen LogP contribution in [0.5, 0.6) is 0 Å². The first-order chi connectivity index (χ1) is 9.81. The Morgan fingerprint density at radius 3 is 2.14 bits per heavy atom. The zero-order valence-electron chi connectivity index (χ0n) is 15.3. The van der Waals surface area contributed by atoms with Crippen molar-refractivity contribution in [3.05, 3.63) is 0 Å². The number of nitrogens with zero attached hydrogens (tertiary/aromatic N) is 2. The van der Waals surface area contributed by atoms with Crippen LogP contribution in [0.1, 0.15) is 40.5 Å². The summed E-state index contributed by atoms with van der Waals surface area (Å²) in [5.41, 5.74) is -0.200. The van der Waals surface area contributed by atoms with Gasteiger partial charge in [0.15, 0.2) is 5.96 Å². The van der Waals surface area contributed by atoms with Gasteiger partial charge in [-0.15, -0.1) is 0 Å². The van der Waals surface area contributed by atoms with E-state index < -0.39 is 0 Å². The second-order valence-electron chi connectivity index (χ2n) is 6.38. The minimum absolute atomic E-state index is 0.200. The molecule has 0 aromatic heterocycles. The lowest BCUT2D eigenvalue weighted by atomic mass is 9.93. The Labute approximate surface area is 131 Å². The van der Waals surface area contributed by atoms with Crippen LogP contribution >= 0.6 is 0 Å². The third-order valence-electron chi connectivity index (χ3n) is 4.19. The molecule has 0 bridgehead atoms. The number of likely N-dealkylation sites (N-methyl/N-ethyl adjacent to an activating group) is 1. The minimum Gasteiger partial charge on any atom is -0.377 e. The van der Waals surface area contributed by atoms with E-state index in [1.54, 1.807) is 14.2 Å². The molecule has 5 nitrogen and oxygen atoms in total. The van der Waals surface area contributed by atoms with Crippen molar-refractivity contribution in [3.63, 3.8) is 0 Å². The molecular formula is C16H36N4O. The second-order valence-corrected chi connectivity index (χ2v) is 6.38. The molecule has 0 aromatic rings. The summed E-state index contributed by atoms with van der Waals surface area (Å²) in [4.78, 5) is 6.59. The number of guanidine groups is 1. The number of ether oxygens (including phenoxy) is 1. The number of nitrogens with one attached hydrogen (secondary N) is 2. The third kappa shape index (κ3) is 7.67. The topological polar surface area (TPSA) is 48.9 Å². The zero-order valence-corrected chi connectivity index (χ0v) is 15.3. The predicted molar refractivity (Wildman–Crippen MR) is 92.0 cm³/mol. The number of methoxy groups -OCH3 is 1. The van der Waals surface area contributed by atoms with E-state index in [-0.39, 0.29) is 5.60 Å². The first-order valence-electron chi connectivity index (χ1n) is 7.97. The molecule has 0 amide bonds. The van der Waals surface area contributed by atoms with E-state index in [0.29, 0.717) is 12.0 Å². The quantitative estimate of drug-likeness (QED) is 0.505. The summed E-state index contributed by atoms with van der Waals surface area (Å²) in [6.45, 7) is 10.3. The highest BCUT2D eigenvalue weighted by atomic mass is 16.5. The fourth-order valence-corrected chi connectivity index (χ4v) is 2.39. The SMILES string of the molecule is CCC(CC)C(CNC(=NC)NCC(C)(C)OC)N(C)C. The summed E-state index contributed by atoms with van der Waals surface area (Å²) < 4.78 is 5.42. The number of rotatable bonds is 9. The summed E-state index contributed by atoms with van der Waals surface area (Å²) in [6, 6.07) is 0.508. The van der Waals surface area contributed by atoms with Gasteiger partial charge in [-0.1, -0.05) is 26.7 Å². The first-order valence-corrected chi connectivity index (χ1v) is 7.97. The van der Waals surface area contributed by atoms with Gasteiger partial charge in [-0.3, -0.25) is 4.99 Å². The molecule has 1 atom stereocenters. The molecule has 0 radical (unpaired) electrons. The molecule has 1 unspecified atom stereocenters. The van der Waals surface area contributed by atoms with Gasteiger partial charge in [-0.2, -0.15) is 0 Å². The largest absolute Gasteiger partial charge is 0.377 e. The average Bonchev–Trinajstić information content (AvgIpc) is 2.45. The van der Waals surface area contributed by atoms with Gasteiger partial charge < -0.3 is 20.3 Å². The smallest absolute Gasteiger partial charge is 0.191 e. The Hall–Kier alpha value is -0.810. The lowest BCUT2D eigenvalue weighted by molar-refractivity contribution is 0.0268. The van der Waals surface area contributed by atoms with Gasteiger partial charge >= 0.3 is 0 Å². The molecule has 0 heterocycles. The molecule has 0 aromatic carbocycles. The molecule has 0 aliphatic carbocycles. The van der Waals surface area contributed by atoms with Gasteiger partial charge in [0.1, 0.15) is 0 Å². The molecule has 0 saturated carbocycles. The van der Waals surface area contributed by atoms with Crippen molar-refractivity contribution in [1.82, 2.24) is 15.5 Å². The number of aliphatic imine (C=N–C) groups is 1. The van der Waals surface area contributed by atoms with Crippen molar-refractivity contribution >= 4 is 5.96 Å². The number of hydrogen-bond donors (Lipinski definition) is 2. The molecule has 0 rings (SSSR count). The van der Waals surface area contributed by atoms with Crippen LogP contribution in [-0.2, 0) is 4.74 Å². The molecule has 0 fully saturated rings. The van der Waals surface area contributed by atoms with Gasteiger partial charge in [0, 0.05) is 33.3 Å². The van der Waals surface area contributed by atoms with Crippen LogP contribution < -0.4 is 10.6 Å². The Morgan fingerprint density at radius 1 is 1.19 bits per heavy atom. The van der Waals surface area contributed by atoms with E-state index in [1.807, 2.05) is 0 Å². The third-order valence-corrected chi connectivity index (χ3v) is 4.19. The van der Waals surface area contributed by atoms with Gasteiger partial charge in [-0.25, -0.2) is 0 Å². The van der Waals surface area contributed by atoms with Crippen molar-refractivity contribution in [3.8, 4) is 0 Å². The summed E-state index contributed by atoms with van der Waals surface area (Å²) in [5.74, 6) is 1.53. The van der Waals surface area contributed by atoms with Crippen molar-refractivity contribution in [2.75, 3.05) is 41.3 Å². The van der Waals surface area contributed by atoms with Gasteiger partial charge in [-0.05, 0) is 33.9 Å². The first kappa shape index (κ1) is 20.2. The molecule has 126 valence electrons. The van der Waals surface area contributed by atoms with Crippen LogP contribution in [0, 0.1) is 5.92 Å². The summed E-state index contributed by atoms with van der Waals surface area (Å²) in [5, 5.41) is 6.76. The molecule has 0 aliphatic rings. The van der Waals surface area contributed by atoms with Gasteiger partial charge in [0.2, 0.25) is 0 Å². The van der Waals surface area contributed by atoms with E-state index in [2.05, 4.69) is 62.3 Å². The fraction of sp³-hybridized carbons (Fsp3) is 0.938. The van der Waals surface area contributed by atoms with E-state index >= 15 is 0 Å². The van der Waals surface area contributed by atoms with Gasteiger partial charge in [0.25, 0.3) is 0 Å². The van der Waals surface area contributed by atoms with Crippen molar-refractivity contribution in [2.24, 2.45) is 10.9 Å². The minimum atomic E-state index is -0.200. The molecule has 5 heteroatoms. The Bertz CT molecular complexity index is 299. The Balaban J connectivity index is 4.48. The van der Waals surface area contributed by atoms with Crippen molar-refractivity contribution in [1.29, 1.82) is 0 Å². The monoisotopic (exact) mass is 300 g/mol. The maximum absolute atomic E-state index is 5.42. The highest BCUT2D eigenvalue weighted by Crippen LogP contribution is 2.16. The second kappa shape index (κ2) is 10.0. The number of hydrogen-bond acceptors (Lipinski definition) is 3. The lowest BCUT2D eigenvalue weighted by Crippen LogP contribution is -2.50. The van der Waals surface area contributed by atoms with E-state index in [0.717, 1.165) is 19.0 Å². The molecule has 0 saturated heterocycles. The van der Waals surface area contributed by atoms with Crippen LogP contribution in [0.2, 0.25) is 0 Å².